The summed E-state index contributed by atoms with van der Waals surface area (Å²) in [4.78, 5) is 12.1. The van der Waals surface area contributed by atoms with Crippen molar-refractivity contribution in [2.45, 2.75) is 175 Å². The Labute approximate surface area is 208 Å². The molecule has 3 nitrogen and oxygen atoms in total. The second kappa shape index (κ2) is 24.6. The molecule has 33 heavy (non-hydrogen) atoms. The highest BCUT2D eigenvalue weighted by Crippen LogP contribution is 2.39. The molecule has 0 rings (SSSR count). The van der Waals surface area contributed by atoms with E-state index in [1.165, 1.54) is 122 Å². The highest BCUT2D eigenvalue weighted by atomic mass is 16.4. The fourth-order valence-corrected chi connectivity index (χ4v) is 5.36. The van der Waals surface area contributed by atoms with Crippen LogP contribution in [0.15, 0.2) is 0 Å². The zero-order chi connectivity index (χ0) is 23.9. The number of aliphatic carboxylic acids is 1. The van der Waals surface area contributed by atoms with Gasteiger partial charge in [0.2, 0.25) is 0 Å². The Morgan fingerprint density at radius 3 is 1.27 bits per heavy atom. The SMILES string of the molecule is CCCCCCCCCCCCCCCC(C)C(CC)(CCCCCCCCC)C(=O)[O-].[NH4+]. The predicted molar refractivity (Wildman–Crippen MR) is 146 cm³/mol. The van der Waals surface area contributed by atoms with E-state index in [-0.39, 0.29) is 12.1 Å². The molecule has 0 aromatic rings. The van der Waals surface area contributed by atoms with E-state index >= 15 is 0 Å². The summed E-state index contributed by atoms with van der Waals surface area (Å²) >= 11 is 0. The van der Waals surface area contributed by atoms with Crippen LogP contribution in [0.1, 0.15) is 175 Å². The first kappa shape index (κ1) is 34.6. The summed E-state index contributed by atoms with van der Waals surface area (Å²) in [6.07, 6.45) is 28.9. The zero-order valence-corrected chi connectivity index (χ0v) is 23.7. The summed E-state index contributed by atoms with van der Waals surface area (Å²) in [5.74, 6) is -0.571. The van der Waals surface area contributed by atoms with Gasteiger partial charge in [0, 0.05) is 11.4 Å². The molecule has 0 aliphatic carbocycles. The van der Waals surface area contributed by atoms with Gasteiger partial charge in [0.05, 0.1) is 0 Å². The van der Waals surface area contributed by atoms with Gasteiger partial charge in [-0.15, -0.1) is 0 Å². The van der Waals surface area contributed by atoms with E-state index < -0.39 is 11.4 Å². The third-order valence-corrected chi connectivity index (χ3v) is 7.95. The Balaban J connectivity index is 0. The molecule has 2 atom stereocenters. The molecule has 200 valence electrons. The molecule has 0 aliphatic heterocycles. The number of unbranched alkanes of at least 4 members (excludes halogenated alkanes) is 18. The molecule has 0 fully saturated rings. The van der Waals surface area contributed by atoms with Crippen LogP contribution in [-0.4, -0.2) is 5.97 Å². The Bertz CT molecular complexity index is 412. The van der Waals surface area contributed by atoms with Crippen molar-refractivity contribution in [1.82, 2.24) is 6.15 Å². The molecule has 0 radical (unpaired) electrons. The van der Waals surface area contributed by atoms with E-state index in [0.717, 1.165) is 19.3 Å². The van der Waals surface area contributed by atoms with E-state index in [1.54, 1.807) is 0 Å². The molecule has 0 aliphatic rings. The molecule has 2 unspecified atom stereocenters. The largest absolute Gasteiger partial charge is 0.550 e. The van der Waals surface area contributed by atoms with Crippen LogP contribution >= 0.6 is 0 Å². The molecule has 0 saturated carbocycles. The van der Waals surface area contributed by atoms with Crippen molar-refractivity contribution in [3.63, 3.8) is 0 Å². The van der Waals surface area contributed by atoms with Gasteiger partial charge in [-0.05, 0) is 25.2 Å². The third kappa shape index (κ3) is 17.5. The van der Waals surface area contributed by atoms with Crippen LogP contribution in [0.25, 0.3) is 0 Å². The first-order valence-electron chi connectivity index (χ1n) is 14.8. The average Bonchev–Trinajstić information content (AvgIpc) is 2.78. The molecule has 0 bridgehead atoms. The number of carbonyl (C=O) groups excluding carboxylic acids is 1. The molecule has 0 amide bonds. The molecule has 0 saturated heterocycles. The van der Waals surface area contributed by atoms with E-state index in [4.69, 9.17) is 0 Å². The topological polar surface area (TPSA) is 76.6 Å². The third-order valence-electron chi connectivity index (χ3n) is 7.95. The number of rotatable bonds is 25. The van der Waals surface area contributed by atoms with Gasteiger partial charge >= 0.3 is 0 Å². The van der Waals surface area contributed by atoms with Crippen LogP contribution in [-0.2, 0) is 4.79 Å². The van der Waals surface area contributed by atoms with E-state index in [1.807, 2.05) is 0 Å². The van der Waals surface area contributed by atoms with Gasteiger partial charge in [0.15, 0.2) is 0 Å². The van der Waals surface area contributed by atoms with Crippen LogP contribution in [0.5, 0.6) is 0 Å². The zero-order valence-electron chi connectivity index (χ0n) is 23.7. The average molecular weight is 470 g/mol. The highest BCUT2D eigenvalue weighted by molar-refractivity contribution is 5.72. The monoisotopic (exact) mass is 469 g/mol. The molecule has 3 heteroatoms. The molecular weight excluding hydrogens is 406 g/mol. The van der Waals surface area contributed by atoms with E-state index in [0.29, 0.717) is 6.42 Å². The van der Waals surface area contributed by atoms with E-state index in [9.17, 15) is 9.90 Å². The standard InChI is InChI=1S/C30H60O2.H3N/c1-5-8-10-12-14-15-16-17-18-19-20-22-24-26-28(4)30(7-3,29(31)32)27-25-23-21-13-11-9-6-2;/h28H,5-27H2,1-4H3,(H,31,32);1H3. The number of hydrogen-bond donors (Lipinski definition) is 1. The van der Waals surface area contributed by atoms with Gasteiger partial charge in [-0.3, -0.25) is 0 Å². The van der Waals surface area contributed by atoms with Gasteiger partial charge in [-0.1, -0.05) is 156 Å². The quantitative estimate of drug-likeness (QED) is 0.135. The molecule has 0 aromatic heterocycles. The van der Waals surface area contributed by atoms with Gasteiger partial charge in [0.1, 0.15) is 0 Å². The minimum atomic E-state index is -0.798. The fourth-order valence-electron chi connectivity index (χ4n) is 5.36. The minimum Gasteiger partial charge on any atom is -0.550 e. The van der Waals surface area contributed by atoms with Crippen molar-refractivity contribution in [1.29, 1.82) is 0 Å². The van der Waals surface area contributed by atoms with Crippen molar-refractivity contribution in [3.05, 3.63) is 0 Å². The Morgan fingerprint density at radius 2 is 0.939 bits per heavy atom. The number of hydrogen-bond acceptors (Lipinski definition) is 2. The second-order valence-electron chi connectivity index (χ2n) is 10.6. The second-order valence-corrected chi connectivity index (χ2v) is 10.6. The summed E-state index contributed by atoms with van der Waals surface area (Å²) in [7, 11) is 0. The summed E-state index contributed by atoms with van der Waals surface area (Å²) in [6, 6.07) is 0. The summed E-state index contributed by atoms with van der Waals surface area (Å²) in [6.45, 7) is 8.74. The molecule has 0 aromatic carbocycles. The molecule has 4 N–H and O–H groups in total. The van der Waals surface area contributed by atoms with Gasteiger partial charge < -0.3 is 16.1 Å². The highest BCUT2D eigenvalue weighted by Gasteiger charge is 2.35. The maximum absolute atomic E-state index is 12.1. The molecular formula is C30H63NO2. The van der Waals surface area contributed by atoms with Gasteiger partial charge in [-0.2, -0.15) is 0 Å². The van der Waals surface area contributed by atoms with Crippen molar-refractivity contribution in [2.75, 3.05) is 0 Å². The van der Waals surface area contributed by atoms with Crippen molar-refractivity contribution < 1.29 is 9.90 Å². The van der Waals surface area contributed by atoms with Crippen LogP contribution in [0, 0.1) is 11.3 Å². The van der Waals surface area contributed by atoms with E-state index in [2.05, 4.69) is 27.7 Å². The normalized spacial score (nSPS) is 13.9. The van der Waals surface area contributed by atoms with Gasteiger partial charge in [-0.25, -0.2) is 0 Å². The lowest BCUT2D eigenvalue weighted by atomic mass is 9.69. The number of carboxylic acids is 1. The maximum atomic E-state index is 12.1. The van der Waals surface area contributed by atoms with Crippen molar-refractivity contribution in [2.24, 2.45) is 11.3 Å². The van der Waals surface area contributed by atoms with Crippen LogP contribution in [0.3, 0.4) is 0 Å². The molecule has 0 heterocycles. The number of carboxylic acid groups (broad SMARTS) is 1. The lowest BCUT2D eigenvalue weighted by Gasteiger charge is -2.40. The Morgan fingerprint density at radius 1 is 0.606 bits per heavy atom. The summed E-state index contributed by atoms with van der Waals surface area (Å²) < 4.78 is 0. The van der Waals surface area contributed by atoms with Crippen molar-refractivity contribution in [3.8, 4) is 0 Å². The first-order valence-corrected chi connectivity index (χ1v) is 14.8. The smallest absolute Gasteiger partial charge is 0.0478 e. The number of carbonyl (C=O) groups is 1. The molecule has 0 spiro atoms. The number of quaternary nitrogens is 1. The van der Waals surface area contributed by atoms with Crippen LogP contribution in [0.2, 0.25) is 0 Å². The lowest BCUT2D eigenvalue weighted by molar-refractivity contribution is -0.323. The fraction of sp³-hybridized carbons (Fsp3) is 0.967. The van der Waals surface area contributed by atoms with Crippen LogP contribution < -0.4 is 11.3 Å². The minimum absolute atomic E-state index is 0. The summed E-state index contributed by atoms with van der Waals surface area (Å²) in [5.41, 5.74) is -0.611. The Kier molecular flexibility index (Phi) is 25.7. The van der Waals surface area contributed by atoms with Crippen LogP contribution in [0.4, 0.5) is 0 Å². The van der Waals surface area contributed by atoms with Crippen molar-refractivity contribution >= 4 is 5.97 Å². The van der Waals surface area contributed by atoms with Gasteiger partial charge in [0.25, 0.3) is 0 Å². The summed E-state index contributed by atoms with van der Waals surface area (Å²) in [5, 5.41) is 12.1. The Hall–Kier alpha value is -0.570. The lowest BCUT2D eigenvalue weighted by Crippen LogP contribution is -2.46. The maximum Gasteiger partial charge on any atom is 0.0478 e. The predicted octanol–water partition coefficient (Wildman–Crippen LogP) is 9.77. The first-order chi connectivity index (χ1) is 15.5.